The number of hydrogen-bond donors (Lipinski definition) is 2. The Hall–Kier alpha value is -3.32. The molecule has 1 heterocycles. The third-order valence-electron chi connectivity index (χ3n) is 5.05. The first-order valence-electron chi connectivity index (χ1n) is 10.5. The molecular formula is C24H31N4O3+. The van der Waals surface area contributed by atoms with Gasteiger partial charge in [0.05, 0.1) is 43.5 Å². The zero-order valence-electron chi connectivity index (χ0n) is 18.9. The highest BCUT2D eigenvalue weighted by molar-refractivity contribution is 5.92. The minimum Gasteiger partial charge on any atom is -0.493 e. The number of methoxy groups -OCH3 is 1. The van der Waals surface area contributed by atoms with Crippen LogP contribution in [0.15, 0.2) is 48.5 Å². The fourth-order valence-corrected chi connectivity index (χ4v) is 3.61. The highest BCUT2D eigenvalue weighted by Gasteiger charge is 2.18. The number of nitrogens with zero attached hydrogens (tertiary/aromatic N) is 2. The van der Waals surface area contributed by atoms with Crippen molar-refractivity contribution in [2.45, 2.75) is 27.3 Å². The number of amides is 1. The van der Waals surface area contributed by atoms with E-state index in [9.17, 15) is 4.79 Å². The lowest BCUT2D eigenvalue weighted by Crippen LogP contribution is -3.08. The molecule has 3 rings (SSSR count). The van der Waals surface area contributed by atoms with E-state index in [2.05, 4.69) is 10.4 Å². The maximum atomic E-state index is 12.7. The number of likely N-dealkylation sites (N-methyl/N-ethyl adjacent to an activating group) is 1. The predicted octanol–water partition coefficient (Wildman–Crippen LogP) is 2.55. The monoisotopic (exact) mass is 423 g/mol. The molecule has 1 atom stereocenters. The normalized spacial score (nSPS) is 11.8. The number of para-hydroxylation sites is 1. The van der Waals surface area contributed by atoms with E-state index in [1.54, 1.807) is 7.11 Å². The molecule has 1 unspecified atom stereocenters. The number of benzene rings is 2. The molecule has 2 aromatic carbocycles. The Balaban J connectivity index is 1.64. The molecule has 2 N–H and O–H groups in total. The van der Waals surface area contributed by atoms with Gasteiger partial charge in [0.15, 0.2) is 18.0 Å². The van der Waals surface area contributed by atoms with Crippen molar-refractivity contribution in [1.82, 2.24) is 9.78 Å². The van der Waals surface area contributed by atoms with Crippen LogP contribution in [-0.4, -0.2) is 43.0 Å². The van der Waals surface area contributed by atoms with Crippen LogP contribution in [0, 0.1) is 13.8 Å². The van der Waals surface area contributed by atoms with Crippen LogP contribution in [0.5, 0.6) is 11.5 Å². The molecule has 0 bridgehead atoms. The third-order valence-corrected chi connectivity index (χ3v) is 5.05. The molecule has 0 aliphatic heterocycles. The highest BCUT2D eigenvalue weighted by Crippen LogP contribution is 2.27. The quantitative estimate of drug-likeness (QED) is 0.555. The second kappa shape index (κ2) is 10.1. The lowest BCUT2D eigenvalue weighted by atomic mass is 10.2. The Kier molecular flexibility index (Phi) is 7.31. The fourth-order valence-electron chi connectivity index (χ4n) is 3.61. The van der Waals surface area contributed by atoms with Crippen molar-refractivity contribution in [3.05, 3.63) is 65.5 Å². The van der Waals surface area contributed by atoms with Gasteiger partial charge in [-0.25, -0.2) is 4.68 Å². The van der Waals surface area contributed by atoms with Gasteiger partial charge in [0.1, 0.15) is 6.54 Å². The number of rotatable bonds is 9. The smallest absolute Gasteiger partial charge is 0.279 e. The summed E-state index contributed by atoms with van der Waals surface area (Å²) in [4.78, 5) is 13.8. The first-order valence-corrected chi connectivity index (χ1v) is 10.5. The van der Waals surface area contributed by atoms with Crippen molar-refractivity contribution in [3.63, 3.8) is 0 Å². The number of aryl methyl sites for hydroxylation is 1. The average molecular weight is 424 g/mol. The van der Waals surface area contributed by atoms with Crippen LogP contribution in [0.1, 0.15) is 23.9 Å². The first kappa shape index (κ1) is 22.4. The zero-order valence-corrected chi connectivity index (χ0v) is 18.9. The van der Waals surface area contributed by atoms with Crippen molar-refractivity contribution < 1.29 is 19.2 Å². The van der Waals surface area contributed by atoms with Crippen LogP contribution in [0.25, 0.3) is 5.69 Å². The molecule has 0 fully saturated rings. The van der Waals surface area contributed by atoms with E-state index in [1.807, 2.05) is 81.0 Å². The topological polar surface area (TPSA) is 69.8 Å². The number of carbonyl (C=O) groups is 1. The molecule has 1 aromatic heterocycles. The SMILES string of the molecule is CCOc1ccc(C[NH+](C)CC(=O)Nc2c(C)nn(-c3ccccc3)c2C)cc1OC. The van der Waals surface area contributed by atoms with Gasteiger partial charge in [-0.1, -0.05) is 18.2 Å². The van der Waals surface area contributed by atoms with E-state index in [1.165, 1.54) is 0 Å². The van der Waals surface area contributed by atoms with E-state index in [0.717, 1.165) is 39.0 Å². The molecule has 3 aromatic rings. The number of hydrogen-bond acceptors (Lipinski definition) is 4. The van der Waals surface area contributed by atoms with E-state index in [-0.39, 0.29) is 5.91 Å². The molecule has 0 radical (unpaired) electrons. The van der Waals surface area contributed by atoms with E-state index >= 15 is 0 Å². The Bertz CT molecular complexity index is 1030. The fraction of sp³-hybridized carbons (Fsp3) is 0.333. The maximum Gasteiger partial charge on any atom is 0.279 e. The van der Waals surface area contributed by atoms with Gasteiger partial charge in [-0.2, -0.15) is 5.10 Å². The van der Waals surface area contributed by atoms with Crippen molar-refractivity contribution in [2.24, 2.45) is 0 Å². The van der Waals surface area contributed by atoms with Crippen molar-refractivity contribution in [2.75, 3.05) is 32.6 Å². The molecule has 0 saturated heterocycles. The molecular weight excluding hydrogens is 392 g/mol. The van der Waals surface area contributed by atoms with Crippen LogP contribution < -0.4 is 19.7 Å². The van der Waals surface area contributed by atoms with Crippen molar-refractivity contribution >= 4 is 11.6 Å². The van der Waals surface area contributed by atoms with Crippen LogP contribution in [0.4, 0.5) is 5.69 Å². The summed E-state index contributed by atoms with van der Waals surface area (Å²) in [5.41, 5.74) is 4.52. The summed E-state index contributed by atoms with van der Waals surface area (Å²) in [7, 11) is 3.63. The van der Waals surface area contributed by atoms with Gasteiger partial charge >= 0.3 is 0 Å². The molecule has 0 aliphatic rings. The van der Waals surface area contributed by atoms with E-state index in [0.29, 0.717) is 25.4 Å². The lowest BCUT2D eigenvalue weighted by molar-refractivity contribution is -0.885. The Morgan fingerprint density at radius 3 is 2.55 bits per heavy atom. The summed E-state index contributed by atoms with van der Waals surface area (Å²) in [6.07, 6.45) is 0. The average Bonchev–Trinajstić information content (AvgIpc) is 3.03. The predicted molar refractivity (Wildman–Crippen MR) is 121 cm³/mol. The number of quaternary nitrogens is 1. The van der Waals surface area contributed by atoms with Crippen LogP contribution in [0.2, 0.25) is 0 Å². The van der Waals surface area contributed by atoms with Crippen LogP contribution in [-0.2, 0) is 11.3 Å². The summed E-state index contributed by atoms with van der Waals surface area (Å²) in [6, 6.07) is 15.8. The molecule has 0 spiro atoms. The summed E-state index contributed by atoms with van der Waals surface area (Å²) >= 11 is 0. The maximum absolute atomic E-state index is 12.7. The Labute approximate surface area is 183 Å². The minimum absolute atomic E-state index is 0.0470. The molecule has 0 aliphatic carbocycles. The van der Waals surface area contributed by atoms with Gasteiger partial charge < -0.3 is 19.7 Å². The zero-order chi connectivity index (χ0) is 22.4. The van der Waals surface area contributed by atoms with Gasteiger partial charge in [0, 0.05) is 5.56 Å². The third kappa shape index (κ3) is 5.44. The number of nitrogens with one attached hydrogen (secondary N) is 2. The second-order valence-corrected chi connectivity index (χ2v) is 7.57. The molecule has 7 nitrogen and oxygen atoms in total. The number of carbonyl (C=O) groups excluding carboxylic acids is 1. The van der Waals surface area contributed by atoms with Gasteiger partial charge in [-0.15, -0.1) is 0 Å². The van der Waals surface area contributed by atoms with Crippen LogP contribution in [0.3, 0.4) is 0 Å². The van der Waals surface area contributed by atoms with Gasteiger partial charge in [-0.3, -0.25) is 4.79 Å². The van der Waals surface area contributed by atoms with E-state index in [4.69, 9.17) is 9.47 Å². The molecule has 1 amide bonds. The summed E-state index contributed by atoms with van der Waals surface area (Å²) < 4.78 is 12.8. The van der Waals surface area contributed by atoms with Gasteiger partial charge in [0.25, 0.3) is 5.91 Å². The highest BCUT2D eigenvalue weighted by atomic mass is 16.5. The standard InChI is InChI=1S/C24H30N4O3/c1-6-31-21-13-12-19(14-22(21)30-5)15-27(4)16-23(29)25-24-17(2)26-28(18(24)3)20-10-8-7-9-11-20/h7-14H,6,15-16H2,1-5H3,(H,25,29)/p+1. The first-order chi connectivity index (χ1) is 14.9. The van der Waals surface area contributed by atoms with Crippen molar-refractivity contribution in [3.8, 4) is 17.2 Å². The minimum atomic E-state index is -0.0470. The summed E-state index contributed by atoms with van der Waals surface area (Å²) in [5.74, 6) is 1.39. The van der Waals surface area contributed by atoms with Crippen LogP contribution >= 0.6 is 0 Å². The number of anilines is 1. The summed E-state index contributed by atoms with van der Waals surface area (Å²) in [5, 5.41) is 7.64. The number of aromatic nitrogens is 2. The van der Waals surface area contributed by atoms with Gasteiger partial charge in [-0.05, 0) is 51.1 Å². The van der Waals surface area contributed by atoms with E-state index < -0.39 is 0 Å². The van der Waals surface area contributed by atoms with Crippen molar-refractivity contribution in [1.29, 1.82) is 0 Å². The Morgan fingerprint density at radius 2 is 1.87 bits per heavy atom. The number of ether oxygens (including phenoxy) is 2. The summed E-state index contributed by atoms with van der Waals surface area (Å²) in [6.45, 7) is 7.43. The molecule has 164 valence electrons. The Morgan fingerprint density at radius 1 is 1.13 bits per heavy atom. The molecule has 31 heavy (non-hydrogen) atoms. The molecule has 7 heteroatoms. The molecule has 0 saturated carbocycles. The van der Waals surface area contributed by atoms with Gasteiger partial charge in [0.2, 0.25) is 0 Å². The largest absolute Gasteiger partial charge is 0.493 e. The lowest BCUT2D eigenvalue weighted by Gasteiger charge is -2.16. The second-order valence-electron chi connectivity index (χ2n) is 7.57.